The van der Waals surface area contributed by atoms with E-state index in [4.69, 9.17) is 0 Å². The number of hydrogen-bond donors (Lipinski definition) is 5. The van der Waals surface area contributed by atoms with Gasteiger partial charge < -0.3 is 15.5 Å². The Labute approximate surface area is 268 Å². The highest BCUT2D eigenvalue weighted by Crippen LogP contribution is 2.26. The zero-order chi connectivity index (χ0) is 33.0. The van der Waals surface area contributed by atoms with E-state index in [9.17, 15) is 24.6 Å². The number of nitrogens with zero attached hydrogens (tertiary/aromatic N) is 2. The van der Waals surface area contributed by atoms with Crippen molar-refractivity contribution in [1.29, 1.82) is 0 Å². The summed E-state index contributed by atoms with van der Waals surface area (Å²) in [6, 6.07) is -0.803. The maximum atomic E-state index is 13.0. The van der Waals surface area contributed by atoms with Crippen molar-refractivity contribution in [3.8, 4) is 0 Å². The molecule has 0 saturated carbocycles. The van der Waals surface area contributed by atoms with Gasteiger partial charge in [0.25, 0.3) is 0 Å². The molecule has 5 N–H and O–H groups in total. The predicted octanol–water partition coefficient (Wildman–Crippen LogP) is 4.43. The Morgan fingerprint density at radius 1 is 0.933 bits per heavy atom. The summed E-state index contributed by atoms with van der Waals surface area (Å²) in [7, 11) is 0. The third kappa shape index (κ3) is 14.3. The molecule has 0 saturated heterocycles. The average Bonchev–Trinajstić information content (AvgIpc) is 3.00. The van der Waals surface area contributed by atoms with E-state index >= 15 is 0 Å². The highest BCUT2D eigenvalue weighted by Gasteiger charge is 2.39. The van der Waals surface area contributed by atoms with Crippen molar-refractivity contribution in [2.75, 3.05) is 6.54 Å². The standard InChI is InChI=1S/C35H53N5O5/c1-5-6-7-8-9-10-11-12-13-14-15-16-17-18-19-20-21-22-29(42)37-30(25(2)3)34(45)40-35-38-32-28(33(44)39-35)23-27(24-36-32)31(43)26(4)41/h6-7,9-10,12-13,15-16,18-19,25-28,30-31,41,43H,5,8,11,14,17,20-24H2,1-4H3,(H,37,42)(H2,36,38,39,40,44,45)/b7-6-,10-9-,13-12-,16-15-,19-18-/t26-,27+,28?,30-,31-/m0/s1. The molecule has 0 aliphatic carbocycles. The number of amidine groups is 1. The molecule has 3 amide bonds. The van der Waals surface area contributed by atoms with Gasteiger partial charge in [-0.3, -0.25) is 30.0 Å². The minimum absolute atomic E-state index is 0.0344. The Morgan fingerprint density at radius 2 is 1.51 bits per heavy atom. The molecule has 0 spiro atoms. The van der Waals surface area contributed by atoms with Crippen LogP contribution in [0.4, 0.5) is 0 Å². The lowest BCUT2D eigenvalue weighted by atomic mass is 9.84. The number of carbonyl (C=O) groups excluding carboxylic acids is 3. The van der Waals surface area contributed by atoms with Gasteiger partial charge in [0.2, 0.25) is 23.7 Å². The number of amides is 3. The fourth-order valence-electron chi connectivity index (χ4n) is 4.91. The van der Waals surface area contributed by atoms with Gasteiger partial charge in [-0.2, -0.15) is 4.99 Å². The van der Waals surface area contributed by atoms with Crippen molar-refractivity contribution in [3.63, 3.8) is 0 Å². The van der Waals surface area contributed by atoms with E-state index in [1.807, 2.05) is 13.8 Å². The lowest BCUT2D eigenvalue weighted by molar-refractivity contribution is -0.129. The van der Waals surface area contributed by atoms with Gasteiger partial charge >= 0.3 is 0 Å². The number of aliphatic hydroxyl groups excluding tert-OH is 2. The van der Waals surface area contributed by atoms with Gasteiger partial charge in [-0.05, 0) is 64.2 Å². The molecular formula is C35H53N5O5. The number of aliphatic imine (C=N–C) groups is 2. The molecule has 0 bridgehead atoms. The summed E-state index contributed by atoms with van der Waals surface area (Å²) in [5.74, 6) is -2.06. The molecule has 0 fully saturated rings. The Bertz CT molecular complexity index is 1160. The Morgan fingerprint density at radius 3 is 2.07 bits per heavy atom. The molecule has 0 aromatic rings. The van der Waals surface area contributed by atoms with Crippen molar-refractivity contribution in [2.24, 2.45) is 27.7 Å². The van der Waals surface area contributed by atoms with Crippen LogP contribution in [0.2, 0.25) is 0 Å². The summed E-state index contributed by atoms with van der Waals surface area (Å²) in [6.45, 7) is 7.51. The molecular weight excluding hydrogens is 570 g/mol. The second-order valence-electron chi connectivity index (χ2n) is 11.8. The Balaban J connectivity index is 1.70. The van der Waals surface area contributed by atoms with E-state index in [0.717, 1.165) is 38.5 Å². The fraction of sp³-hybridized carbons (Fsp3) is 0.571. The molecule has 5 atom stereocenters. The van der Waals surface area contributed by atoms with E-state index in [-0.39, 0.29) is 42.0 Å². The first kappa shape index (κ1) is 37.6. The number of rotatable bonds is 18. The van der Waals surface area contributed by atoms with Crippen molar-refractivity contribution in [2.45, 2.75) is 104 Å². The second-order valence-corrected chi connectivity index (χ2v) is 11.8. The van der Waals surface area contributed by atoms with Crippen molar-refractivity contribution in [3.05, 3.63) is 60.8 Å². The monoisotopic (exact) mass is 623 g/mol. The highest BCUT2D eigenvalue weighted by molar-refractivity contribution is 6.19. The third-order valence-electron chi connectivity index (χ3n) is 7.54. The van der Waals surface area contributed by atoms with Crippen molar-refractivity contribution in [1.82, 2.24) is 16.0 Å². The largest absolute Gasteiger partial charge is 0.391 e. The lowest BCUT2D eigenvalue weighted by Gasteiger charge is -2.33. The quantitative estimate of drug-likeness (QED) is 0.113. The maximum Gasteiger partial charge on any atom is 0.249 e. The van der Waals surface area contributed by atoms with Crippen LogP contribution in [0.1, 0.15) is 85.5 Å². The Hall–Kier alpha value is -3.63. The van der Waals surface area contributed by atoms with Crippen LogP contribution in [0.15, 0.2) is 70.7 Å². The predicted molar refractivity (Wildman–Crippen MR) is 180 cm³/mol. The Kier molecular flexibility index (Phi) is 17.7. The number of unbranched alkanes of at least 4 members (excludes halogenated alkanes) is 1. The molecule has 2 aliphatic heterocycles. The fourth-order valence-corrected chi connectivity index (χ4v) is 4.91. The average molecular weight is 624 g/mol. The van der Waals surface area contributed by atoms with Gasteiger partial charge in [0.05, 0.1) is 18.1 Å². The summed E-state index contributed by atoms with van der Waals surface area (Å²) in [4.78, 5) is 47.0. The number of carbonyl (C=O) groups is 3. The van der Waals surface area contributed by atoms with Gasteiger partial charge in [-0.15, -0.1) is 0 Å². The number of allylic oxidation sites excluding steroid dienone is 10. The molecule has 0 aromatic heterocycles. The van der Waals surface area contributed by atoms with Crippen LogP contribution in [0, 0.1) is 17.8 Å². The van der Waals surface area contributed by atoms with Gasteiger partial charge in [0.15, 0.2) is 0 Å². The minimum Gasteiger partial charge on any atom is -0.391 e. The normalized spacial score (nSPS) is 20.9. The maximum absolute atomic E-state index is 13.0. The summed E-state index contributed by atoms with van der Waals surface area (Å²) >= 11 is 0. The SMILES string of the molecule is CC/C=C\C/C=C\C/C=C\C/C=C\C/C=C\CCCC(=O)N[C@H](C(=O)NC1=NC2=NC[C@H]([C@@H](O)[C@H](C)O)CC2C(=O)N1)C(C)C. The molecule has 2 rings (SSSR count). The second kappa shape index (κ2) is 21.2. The number of hydrogen-bond acceptors (Lipinski definition) is 7. The zero-order valence-corrected chi connectivity index (χ0v) is 27.3. The zero-order valence-electron chi connectivity index (χ0n) is 27.3. The smallest absolute Gasteiger partial charge is 0.249 e. The number of aliphatic hydroxyl groups is 2. The summed E-state index contributed by atoms with van der Waals surface area (Å²) in [6.07, 6.45) is 26.4. The van der Waals surface area contributed by atoms with Crippen molar-refractivity contribution >= 4 is 29.5 Å². The number of nitrogens with one attached hydrogen (secondary N) is 3. The minimum atomic E-state index is -0.990. The third-order valence-corrected chi connectivity index (χ3v) is 7.54. The van der Waals surface area contributed by atoms with Crippen LogP contribution in [0.3, 0.4) is 0 Å². The molecule has 10 nitrogen and oxygen atoms in total. The van der Waals surface area contributed by atoms with Crippen LogP contribution in [-0.2, 0) is 14.4 Å². The van der Waals surface area contributed by atoms with Crippen LogP contribution in [-0.4, -0.2) is 64.5 Å². The first-order chi connectivity index (χ1) is 21.6. The molecule has 10 heteroatoms. The van der Waals surface area contributed by atoms with Crippen LogP contribution in [0.5, 0.6) is 0 Å². The highest BCUT2D eigenvalue weighted by atomic mass is 16.3. The summed E-state index contributed by atoms with van der Waals surface area (Å²) in [5, 5.41) is 27.9. The van der Waals surface area contributed by atoms with E-state index in [0.29, 0.717) is 19.3 Å². The molecule has 2 heterocycles. The molecule has 1 unspecified atom stereocenters. The molecule has 0 aromatic carbocycles. The first-order valence-electron chi connectivity index (χ1n) is 16.3. The lowest BCUT2D eigenvalue weighted by Crippen LogP contribution is -2.57. The summed E-state index contributed by atoms with van der Waals surface area (Å²) < 4.78 is 0. The summed E-state index contributed by atoms with van der Waals surface area (Å²) in [5.41, 5.74) is 0. The van der Waals surface area contributed by atoms with Gasteiger partial charge in [-0.1, -0.05) is 81.5 Å². The molecule has 45 heavy (non-hydrogen) atoms. The van der Waals surface area contributed by atoms with Gasteiger partial charge in [0.1, 0.15) is 11.9 Å². The van der Waals surface area contributed by atoms with Crippen molar-refractivity contribution < 1.29 is 24.6 Å². The van der Waals surface area contributed by atoms with Crippen LogP contribution >= 0.6 is 0 Å². The number of guanidine groups is 1. The number of fused-ring (bicyclic) bond motifs is 1. The van der Waals surface area contributed by atoms with Crippen LogP contribution < -0.4 is 16.0 Å². The molecule has 2 aliphatic rings. The van der Waals surface area contributed by atoms with E-state index in [1.165, 1.54) is 6.92 Å². The topological polar surface area (TPSA) is 152 Å². The first-order valence-corrected chi connectivity index (χ1v) is 16.3. The van der Waals surface area contributed by atoms with E-state index in [1.54, 1.807) is 0 Å². The van der Waals surface area contributed by atoms with Gasteiger partial charge in [-0.25, -0.2) is 0 Å². The van der Waals surface area contributed by atoms with Crippen LogP contribution in [0.25, 0.3) is 0 Å². The molecule has 248 valence electrons. The van der Waals surface area contributed by atoms with E-state index < -0.39 is 30.1 Å². The molecule has 0 radical (unpaired) electrons. The van der Waals surface area contributed by atoms with Gasteiger partial charge in [0, 0.05) is 18.9 Å². The van der Waals surface area contributed by atoms with E-state index in [2.05, 4.69) is 93.6 Å².